The number of hydrogen-bond donors (Lipinski definition) is 3. The zero-order chi connectivity index (χ0) is 22.3. The molecule has 4 aliphatic rings. The van der Waals surface area contributed by atoms with Crippen molar-refractivity contribution >= 4 is 16.5 Å². The fraction of sp³-hybridized carbons (Fsp3) is 0.536. The molecule has 4 unspecified atom stereocenters. The van der Waals surface area contributed by atoms with E-state index in [1.165, 1.54) is 16.7 Å². The third-order valence-electron chi connectivity index (χ3n) is 9.56. The van der Waals surface area contributed by atoms with Crippen LogP contribution in [0.5, 0.6) is 0 Å². The molecule has 1 aromatic carbocycles. The molecule has 2 aromatic rings. The molecule has 0 radical (unpaired) electrons. The third-order valence-corrected chi connectivity index (χ3v) is 9.56. The Balaban J connectivity index is 1.46. The molecule has 4 nitrogen and oxygen atoms in total. The lowest BCUT2D eigenvalue weighted by atomic mass is 9.49. The molecule has 1 aromatic heterocycles. The van der Waals surface area contributed by atoms with Gasteiger partial charge >= 0.3 is 0 Å². The van der Waals surface area contributed by atoms with Crippen LogP contribution in [0.25, 0.3) is 16.5 Å². The summed E-state index contributed by atoms with van der Waals surface area (Å²) in [4.78, 5) is 0. The Morgan fingerprint density at radius 1 is 1.12 bits per heavy atom. The van der Waals surface area contributed by atoms with Gasteiger partial charge < -0.3 is 10.2 Å². The molecule has 4 aliphatic carbocycles. The largest absolute Gasteiger partial charge is 0.393 e. The van der Waals surface area contributed by atoms with Crippen LogP contribution in [0.4, 0.5) is 0 Å². The summed E-state index contributed by atoms with van der Waals surface area (Å²) >= 11 is 0. The Labute approximate surface area is 190 Å². The molecule has 1 fully saturated rings. The molecule has 168 valence electrons. The van der Waals surface area contributed by atoms with Crippen LogP contribution < -0.4 is 0 Å². The van der Waals surface area contributed by atoms with Gasteiger partial charge in [-0.25, -0.2) is 0 Å². The molecule has 32 heavy (non-hydrogen) atoms. The van der Waals surface area contributed by atoms with Crippen LogP contribution in [-0.4, -0.2) is 32.1 Å². The molecule has 0 spiro atoms. The molecule has 1 heterocycles. The first-order chi connectivity index (χ1) is 15.2. The van der Waals surface area contributed by atoms with Crippen LogP contribution >= 0.6 is 0 Å². The van der Waals surface area contributed by atoms with Crippen molar-refractivity contribution in [1.82, 2.24) is 10.2 Å². The van der Waals surface area contributed by atoms with E-state index >= 15 is 0 Å². The summed E-state index contributed by atoms with van der Waals surface area (Å²) in [6.45, 7) is 7.03. The Morgan fingerprint density at radius 3 is 2.81 bits per heavy atom. The summed E-state index contributed by atoms with van der Waals surface area (Å²) in [7, 11) is 0. The summed E-state index contributed by atoms with van der Waals surface area (Å²) in [5.41, 5.74) is 4.95. The molecule has 0 amide bonds. The molecule has 3 N–H and O–H groups in total. The number of aromatic nitrogens is 2. The Hall–Kier alpha value is -2.17. The second kappa shape index (κ2) is 6.68. The monoisotopic (exact) mass is 430 g/mol. The summed E-state index contributed by atoms with van der Waals surface area (Å²) in [6, 6.07) is 6.57. The number of H-pyrrole nitrogens is 1. The van der Waals surface area contributed by atoms with E-state index in [4.69, 9.17) is 0 Å². The first-order valence-corrected chi connectivity index (χ1v) is 12.2. The van der Waals surface area contributed by atoms with Crippen LogP contribution in [0.3, 0.4) is 0 Å². The van der Waals surface area contributed by atoms with Crippen LogP contribution in [0, 0.1) is 22.7 Å². The Bertz CT molecular complexity index is 1190. The van der Waals surface area contributed by atoms with Crippen molar-refractivity contribution in [1.29, 1.82) is 0 Å². The number of benzene rings is 1. The maximum Gasteiger partial charge on any atom is 0.0933 e. The van der Waals surface area contributed by atoms with E-state index < -0.39 is 5.60 Å². The number of aliphatic hydroxyl groups excluding tert-OH is 1. The van der Waals surface area contributed by atoms with Crippen LogP contribution in [0.15, 0.2) is 53.8 Å². The second-order valence-corrected chi connectivity index (χ2v) is 11.4. The zero-order valence-electron chi connectivity index (χ0n) is 19.4. The fourth-order valence-corrected chi connectivity index (χ4v) is 7.43. The van der Waals surface area contributed by atoms with Crippen LogP contribution in [-0.2, 0) is 0 Å². The first-order valence-electron chi connectivity index (χ1n) is 12.2. The number of allylic oxidation sites excluding steroid dienone is 3. The van der Waals surface area contributed by atoms with E-state index in [0.29, 0.717) is 5.92 Å². The van der Waals surface area contributed by atoms with Crippen LogP contribution in [0.1, 0.15) is 64.9 Å². The van der Waals surface area contributed by atoms with Gasteiger partial charge in [-0.1, -0.05) is 56.7 Å². The van der Waals surface area contributed by atoms with Gasteiger partial charge in [0.25, 0.3) is 0 Å². The van der Waals surface area contributed by atoms with Crippen LogP contribution in [0.2, 0.25) is 0 Å². The van der Waals surface area contributed by atoms with Crippen molar-refractivity contribution < 1.29 is 10.2 Å². The van der Waals surface area contributed by atoms with Gasteiger partial charge in [0.2, 0.25) is 0 Å². The lowest BCUT2D eigenvalue weighted by Crippen LogP contribution is -2.55. The summed E-state index contributed by atoms with van der Waals surface area (Å²) < 4.78 is 0. The Kier molecular flexibility index (Phi) is 4.26. The lowest BCUT2D eigenvalue weighted by Gasteiger charge is -2.56. The normalized spacial score (nSPS) is 38.2. The predicted octanol–water partition coefficient (Wildman–Crippen LogP) is 5.55. The summed E-state index contributed by atoms with van der Waals surface area (Å²) in [5, 5.41) is 31.0. The quantitative estimate of drug-likeness (QED) is 0.555. The molecule has 6 rings (SSSR count). The maximum atomic E-state index is 12.3. The lowest BCUT2D eigenvalue weighted by molar-refractivity contribution is -0.0651. The average Bonchev–Trinajstić information content (AvgIpc) is 3.33. The molecular formula is C28H34N2O2. The molecule has 0 aliphatic heterocycles. The SMILES string of the molecule is CC1(C)C=C2C=C3CC(O)CCC3CC[C@]2(O)C2CC=C(c3ccc4cn[nH]c4c3)C21C. The van der Waals surface area contributed by atoms with Gasteiger partial charge in [0.1, 0.15) is 0 Å². The number of nitrogens with one attached hydrogen (secondary N) is 1. The maximum absolute atomic E-state index is 12.3. The summed E-state index contributed by atoms with van der Waals surface area (Å²) in [6.07, 6.45) is 14.0. The fourth-order valence-electron chi connectivity index (χ4n) is 7.43. The molecule has 0 bridgehead atoms. The number of aliphatic hydroxyl groups is 2. The van der Waals surface area contributed by atoms with E-state index in [2.05, 4.69) is 67.4 Å². The van der Waals surface area contributed by atoms with E-state index in [0.717, 1.165) is 55.0 Å². The van der Waals surface area contributed by atoms with Gasteiger partial charge in [-0.2, -0.15) is 5.10 Å². The van der Waals surface area contributed by atoms with Gasteiger partial charge in [0.15, 0.2) is 0 Å². The number of hydrogen-bond acceptors (Lipinski definition) is 3. The number of aromatic amines is 1. The minimum Gasteiger partial charge on any atom is -0.393 e. The van der Waals surface area contributed by atoms with Crippen molar-refractivity contribution in [2.75, 3.05) is 0 Å². The number of fused-ring (bicyclic) bond motifs is 5. The highest BCUT2D eigenvalue weighted by molar-refractivity contribution is 5.85. The van der Waals surface area contributed by atoms with Gasteiger partial charge in [-0.3, -0.25) is 5.10 Å². The molecular weight excluding hydrogens is 396 g/mol. The zero-order valence-corrected chi connectivity index (χ0v) is 19.4. The molecule has 1 saturated carbocycles. The van der Waals surface area contributed by atoms with Gasteiger partial charge in [-0.05, 0) is 72.6 Å². The van der Waals surface area contributed by atoms with Gasteiger partial charge in [0, 0.05) is 16.7 Å². The molecule has 5 atom stereocenters. The standard InChI is InChI=1S/C28H34N2O2/c1-26(2)15-21-12-20-13-22(31)7-6-17(20)10-11-28(21,32)25-9-8-23(27(25,26)3)18-4-5-19-16-29-30-24(19)14-18/h4-5,8,12,14-17,22,25,31-32H,6-7,9-11,13H2,1-3H3,(H,29,30)/t17?,22?,25?,27?,28-/m1/s1. The van der Waals surface area contributed by atoms with Crippen molar-refractivity contribution in [3.05, 3.63) is 59.3 Å². The Morgan fingerprint density at radius 2 is 1.97 bits per heavy atom. The smallest absolute Gasteiger partial charge is 0.0933 e. The van der Waals surface area contributed by atoms with Gasteiger partial charge in [0.05, 0.1) is 23.4 Å². The van der Waals surface area contributed by atoms with Crippen molar-refractivity contribution in [2.24, 2.45) is 22.7 Å². The highest BCUT2D eigenvalue weighted by Crippen LogP contribution is 2.67. The minimum absolute atomic E-state index is 0.116. The second-order valence-electron chi connectivity index (χ2n) is 11.4. The van der Waals surface area contributed by atoms with Crippen molar-refractivity contribution in [3.63, 3.8) is 0 Å². The highest BCUT2D eigenvalue weighted by Gasteiger charge is 2.62. The number of rotatable bonds is 1. The number of nitrogens with zero attached hydrogens (tertiary/aromatic N) is 1. The molecule has 0 saturated heterocycles. The highest BCUT2D eigenvalue weighted by atomic mass is 16.3. The third kappa shape index (κ3) is 2.66. The first kappa shape index (κ1) is 20.4. The van der Waals surface area contributed by atoms with Crippen molar-refractivity contribution in [3.8, 4) is 0 Å². The minimum atomic E-state index is -0.824. The van der Waals surface area contributed by atoms with E-state index in [-0.39, 0.29) is 22.9 Å². The summed E-state index contributed by atoms with van der Waals surface area (Å²) in [5.74, 6) is 0.638. The van der Waals surface area contributed by atoms with E-state index in [1.54, 1.807) is 0 Å². The predicted molar refractivity (Wildman–Crippen MR) is 128 cm³/mol. The topological polar surface area (TPSA) is 69.1 Å². The van der Waals surface area contributed by atoms with E-state index in [9.17, 15) is 10.2 Å². The van der Waals surface area contributed by atoms with Gasteiger partial charge in [-0.15, -0.1) is 0 Å². The van der Waals surface area contributed by atoms with E-state index in [1.807, 2.05) is 6.20 Å². The molecule has 4 heteroatoms. The average molecular weight is 431 g/mol. The van der Waals surface area contributed by atoms with Crippen molar-refractivity contribution in [2.45, 2.75) is 71.0 Å².